The number of methoxy groups -OCH3 is 1. The van der Waals surface area contributed by atoms with Crippen molar-refractivity contribution in [3.8, 4) is 0 Å². The van der Waals surface area contributed by atoms with Crippen molar-refractivity contribution in [3.05, 3.63) is 35.9 Å². The van der Waals surface area contributed by atoms with Gasteiger partial charge in [0.05, 0.1) is 20.0 Å². The van der Waals surface area contributed by atoms with Gasteiger partial charge in [-0.3, -0.25) is 19.2 Å². The summed E-state index contributed by atoms with van der Waals surface area (Å²) in [6, 6.07) is 6.34. The average Bonchev–Trinajstić information content (AvgIpc) is 2.59. The SMILES string of the molecule is COC(=O)[C@H](Cc1ccccc1)NC(=O)[C@H](CC(=O)O)NC(=O)CC(C)=O. The van der Waals surface area contributed by atoms with Gasteiger partial charge in [0, 0.05) is 6.42 Å². The standard InChI is InChI=1S/C18H22N2O7/c1-11(21)8-15(22)19-13(10-16(23)24)17(25)20-14(18(26)27-2)9-12-6-4-3-5-7-12/h3-7,13-14H,8-10H2,1-2H3,(H,19,22)(H,20,25)(H,23,24)/t13-,14-/m0/s1. The molecule has 0 saturated carbocycles. The van der Waals surface area contributed by atoms with Crippen LogP contribution < -0.4 is 10.6 Å². The normalized spacial score (nSPS) is 12.4. The fraction of sp³-hybridized carbons (Fsp3) is 0.389. The molecule has 0 aromatic heterocycles. The summed E-state index contributed by atoms with van der Waals surface area (Å²) in [5.41, 5.74) is 0.753. The number of carboxylic acid groups (broad SMARTS) is 1. The topological polar surface area (TPSA) is 139 Å². The fourth-order valence-corrected chi connectivity index (χ4v) is 2.31. The summed E-state index contributed by atoms with van der Waals surface area (Å²) >= 11 is 0. The van der Waals surface area contributed by atoms with E-state index in [-0.39, 0.29) is 6.42 Å². The minimum atomic E-state index is -1.43. The minimum Gasteiger partial charge on any atom is -0.481 e. The van der Waals surface area contributed by atoms with Crippen LogP contribution in [0.25, 0.3) is 0 Å². The zero-order valence-corrected chi connectivity index (χ0v) is 15.1. The van der Waals surface area contributed by atoms with Gasteiger partial charge in [-0.1, -0.05) is 30.3 Å². The van der Waals surface area contributed by atoms with Crippen LogP contribution in [0.15, 0.2) is 30.3 Å². The molecule has 0 aliphatic rings. The molecule has 9 nitrogen and oxygen atoms in total. The van der Waals surface area contributed by atoms with Crippen LogP contribution in [-0.4, -0.2) is 53.8 Å². The molecule has 146 valence electrons. The van der Waals surface area contributed by atoms with Gasteiger partial charge in [0.15, 0.2) is 0 Å². The van der Waals surface area contributed by atoms with E-state index in [2.05, 4.69) is 15.4 Å². The van der Waals surface area contributed by atoms with E-state index in [1.807, 2.05) is 0 Å². The van der Waals surface area contributed by atoms with Crippen LogP contribution in [0.4, 0.5) is 0 Å². The lowest BCUT2D eigenvalue weighted by Crippen LogP contribution is -2.53. The van der Waals surface area contributed by atoms with Gasteiger partial charge in [-0.2, -0.15) is 0 Å². The third-order valence-electron chi connectivity index (χ3n) is 3.52. The zero-order chi connectivity index (χ0) is 20.4. The quantitative estimate of drug-likeness (QED) is 0.379. The number of carboxylic acids is 1. The summed E-state index contributed by atoms with van der Waals surface area (Å²) < 4.78 is 4.68. The van der Waals surface area contributed by atoms with Crippen molar-refractivity contribution in [2.24, 2.45) is 0 Å². The van der Waals surface area contributed by atoms with Crippen molar-refractivity contribution >= 4 is 29.5 Å². The van der Waals surface area contributed by atoms with E-state index in [1.165, 1.54) is 6.92 Å². The number of esters is 1. The third-order valence-corrected chi connectivity index (χ3v) is 3.52. The molecule has 1 aromatic carbocycles. The molecule has 1 aromatic rings. The second kappa shape index (κ2) is 10.7. The number of ketones is 1. The van der Waals surface area contributed by atoms with Crippen LogP contribution in [0.1, 0.15) is 25.3 Å². The number of hydrogen-bond acceptors (Lipinski definition) is 6. The van der Waals surface area contributed by atoms with Crippen molar-refractivity contribution in [2.75, 3.05) is 7.11 Å². The van der Waals surface area contributed by atoms with Gasteiger partial charge in [-0.05, 0) is 12.5 Å². The summed E-state index contributed by atoms with van der Waals surface area (Å²) in [7, 11) is 1.16. The van der Waals surface area contributed by atoms with E-state index in [0.717, 1.165) is 12.7 Å². The molecule has 9 heteroatoms. The lowest BCUT2D eigenvalue weighted by atomic mass is 10.0. The summed E-state index contributed by atoms with van der Waals surface area (Å²) in [5.74, 6) is -4.10. The molecule has 0 saturated heterocycles. The highest BCUT2D eigenvalue weighted by molar-refractivity contribution is 5.99. The molecule has 27 heavy (non-hydrogen) atoms. The smallest absolute Gasteiger partial charge is 0.328 e. The van der Waals surface area contributed by atoms with Gasteiger partial charge in [0.1, 0.15) is 17.9 Å². The second-order valence-electron chi connectivity index (χ2n) is 5.87. The van der Waals surface area contributed by atoms with Crippen LogP contribution in [0.2, 0.25) is 0 Å². The number of ether oxygens (including phenoxy) is 1. The first-order chi connectivity index (χ1) is 12.7. The lowest BCUT2D eigenvalue weighted by molar-refractivity contribution is -0.145. The lowest BCUT2D eigenvalue weighted by Gasteiger charge is -2.21. The molecule has 3 N–H and O–H groups in total. The highest BCUT2D eigenvalue weighted by Crippen LogP contribution is 2.06. The van der Waals surface area contributed by atoms with Crippen molar-refractivity contribution in [3.63, 3.8) is 0 Å². The minimum absolute atomic E-state index is 0.125. The Hall–Kier alpha value is -3.23. The van der Waals surface area contributed by atoms with Crippen LogP contribution >= 0.6 is 0 Å². The number of hydrogen-bond donors (Lipinski definition) is 3. The first kappa shape index (κ1) is 21.8. The summed E-state index contributed by atoms with van der Waals surface area (Å²) in [6.45, 7) is 1.19. The Bertz CT molecular complexity index is 703. The van der Waals surface area contributed by atoms with E-state index in [9.17, 15) is 24.0 Å². The summed E-state index contributed by atoms with van der Waals surface area (Å²) in [4.78, 5) is 58.1. The fourth-order valence-electron chi connectivity index (χ4n) is 2.31. The molecular weight excluding hydrogens is 356 g/mol. The van der Waals surface area contributed by atoms with E-state index >= 15 is 0 Å². The highest BCUT2D eigenvalue weighted by atomic mass is 16.5. The Morgan fingerprint density at radius 2 is 1.67 bits per heavy atom. The molecule has 0 bridgehead atoms. The highest BCUT2D eigenvalue weighted by Gasteiger charge is 2.29. The maximum absolute atomic E-state index is 12.4. The van der Waals surface area contributed by atoms with E-state index < -0.39 is 54.5 Å². The van der Waals surface area contributed by atoms with E-state index in [1.54, 1.807) is 30.3 Å². The number of aliphatic carboxylic acids is 1. The van der Waals surface area contributed by atoms with E-state index in [4.69, 9.17) is 5.11 Å². The van der Waals surface area contributed by atoms with Crippen molar-refractivity contribution in [2.45, 2.75) is 38.3 Å². The number of rotatable bonds is 10. The van der Waals surface area contributed by atoms with Gasteiger partial charge in [0.2, 0.25) is 11.8 Å². The average molecular weight is 378 g/mol. The van der Waals surface area contributed by atoms with Crippen LogP contribution in [0, 0.1) is 0 Å². The Morgan fingerprint density at radius 1 is 1.04 bits per heavy atom. The third kappa shape index (κ3) is 8.13. The molecule has 0 fully saturated rings. The summed E-state index contributed by atoms with van der Waals surface area (Å²) in [5, 5.41) is 13.6. The second-order valence-corrected chi connectivity index (χ2v) is 5.87. The number of nitrogens with one attached hydrogen (secondary N) is 2. The number of Topliss-reactive ketones (excluding diaryl/α,β-unsaturated/α-hetero) is 1. The predicted octanol–water partition coefficient (Wildman–Crippen LogP) is -0.174. The summed E-state index contributed by atoms with van der Waals surface area (Å²) in [6.07, 6.45) is -1.05. The van der Waals surface area contributed by atoms with Gasteiger partial charge in [0.25, 0.3) is 0 Å². The van der Waals surface area contributed by atoms with Crippen LogP contribution in [-0.2, 0) is 35.1 Å². The van der Waals surface area contributed by atoms with Gasteiger partial charge >= 0.3 is 11.9 Å². The predicted molar refractivity (Wildman–Crippen MR) is 93.6 cm³/mol. The molecule has 0 aliphatic heterocycles. The zero-order valence-electron chi connectivity index (χ0n) is 15.1. The molecule has 0 heterocycles. The molecule has 0 spiro atoms. The van der Waals surface area contributed by atoms with Gasteiger partial charge < -0.3 is 20.5 Å². The number of benzene rings is 1. The Kier molecular flexibility index (Phi) is 8.64. The Labute approximate surface area is 156 Å². The van der Waals surface area contributed by atoms with Gasteiger partial charge in [-0.15, -0.1) is 0 Å². The van der Waals surface area contributed by atoms with Crippen molar-refractivity contribution in [1.82, 2.24) is 10.6 Å². The molecular formula is C18H22N2O7. The maximum atomic E-state index is 12.4. The van der Waals surface area contributed by atoms with E-state index in [0.29, 0.717) is 0 Å². The number of carbonyl (C=O) groups excluding carboxylic acids is 4. The molecule has 1 rings (SSSR count). The molecule has 2 amide bonds. The Morgan fingerprint density at radius 3 is 2.19 bits per heavy atom. The van der Waals surface area contributed by atoms with Gasteiger partial charge in [-0.25, -0.2) is 4.79 Å². The molecule has 0 unspecified atom stereocenters. The van der Waals surface area contributed by atoms with Crippen LogP contribution in [0.3, 0.4) is 0 Å². The van der Waals surface area contributed by atoms with Crippen molar-refractivity contribution < 1.29 is 33.8 Å². The maximum Gasteiger partial charge on any atom is 0.328 e. The number of amides is 2. The molecule has 0 aliphatic carbocycles. The molecule has 0 radical (unpaired) electrons. The number of carbonyl (C=O) groups is 5. The molecule has 2 atom stereocenters. The Balaban J connectivity index is 2.89. The largest absolute Gasteiger partial charge is 0.481 e. The first-order valence-corrected chi connectivity index (χ1v) is 8.15. The monoisotopic (exact) mass is 378 g/mol. The van der Waals surface area contributed by atoms with Crippen LogP contribution in [0.5, 0.6) is 0 Å². The van der Waals surface area contributed by atoms with Crippen molar-refractivity contribution in [1.29, 1.82) is 0 Å². The first-order valence-electron chi connectivity index (χ1n) is 8.15.